The Bertz CT molecular complexity index is 962. The van der Waals surface area contributed by atoms with Crippen molar-refractivity contribution in [3.63, 3.8) is 0 Å². The summed E-state index contributed by atoms with van der Waals surface area (Å²) < 4.78 is 24.9. The number of nitrogens with one attached hydrogen (secondary N) is 1. The predicted molar refractivity (Wildman–Crippen MR) is 133 cm³/mol. The van der Waals surface area contributed by atoms with Crippen LogP contribution in [0.5, 0.6) is 0 Å². The molecule has 0 aliphatic carbocycles. The first-order chi connectivity index (χ1) is 16.6. The van der Waals surface area contributed by atoms with Crippen molar-refractivity contribution in [1.82, 2.24) is 4.90 Å². The van der Waals surface area contributed by atoms with Gasteiger partial charge in [-0.3, -0.25) is 9.69 Å². The van der Waals surface area contributed by atoms with Crippen molar-refractivity contribution in [2.75, 3.05) is 62.8 Å². The molecule has 2 heterocycles. The van der Waals surface area contributed by atoms with Gasteiger partial charge in [-0.25, -0.2) is 4.39 Å². The lowest BCUT2D eigenvalue weighted by Gasteiger charge is -2.35. The van der Waals surface area contributed by atoms with Gasteiger partial charge in [0.25, 0.3) is 0 Å². The lowest BCUT2D eigenvalue weighted by atomic mass is 9.99. The van der Waals surface area contributed by atoms with Crippen molar-refractivity contribution < 1.29 is 18.7 Å². The molecule has 1 N–H and O–H groups in total. The monoisotopic (exact) mass is 469 g/mol. The summed E-state index contributed by atoms with van der Waals surface area (Å²) in [6, 6.07) is 11.8. The lowest BCUT2D eigenvalue weighted by molar-refractivity contribution is -0.143. The molecule has 34 heavy (non-hydrogen) atoms. The van der Waals surface area contributed by atoms with E-state index in [2.05, 4.69) is 33.3 Å². The van der Waals surface area contributed by atoms with E-state index in [0.29, 0.717) is 25.1 Å². The van der Waals surface area contributed by atoms with Crippen LogP contribution in [0, 0.1) is 5.82 Å². The number of benzene rings is 2. The second-order valence-electron chi connectivity index (χ2n) is 8.97. The van der Waals surface area contributed by atoms with Crippen LogP contribution in [0.3, 0.4) is 0 Å². The maximum absolute atomic E-state index is 14.5. The van der Waals surface area contributed by atoms with Crippen molar-refractivity contribution in [3.8, 4) is 0 Å². The van der Waals surface area contributed by atoms with Gasteiger partial charge in [-0.05, 0) is 61.1 Å². The van der Waals surface area contributed by atoms with Crippen LogP contribution < -0.4 is 10.2 Å². The fraction of sp³-hybridized carbons (Fsp3) is 0.519. The van der Waals surface area contributed by atoms with E-state index < -0.39 is 0 Å². The van der Waals surface area contributed by atoms with Gasteiger partial charge in [0.1, 0.15) is 5.82 Å². The second kappa shape index (κ2) is 12.2. The summed E-state index contributed by atoms with van der Waals surface area (Å²) in [6.07, 6.45) is 2.84. The van der Waals surface area contributed by atoms with Crippen LogP contribution in [-0.4, -0.2) is 63.4 Å². The van der Waals surface area contributed by atoms with Gasteiger partial charge in [0.2, 0.25) is 0 Å². The van der Waals surface area contributed by atoms with E-state index in [1.165, 1.54) is 29.3 Å². The van der Waals surface area contributed by atoms with Gasteiger partial charge < -0.3 is 19.7 Å². The Morgan fingerprint density at radius 1 is 1.12 bits per heavy atom. The number of hydrogen-bond donors (Lipinski definition) is 1. The number of carbonyl (C=O) groups excluding carboxylic acids is 1. The summed E-state index contributed by atoms with van der Waals surface area (Å²) >= 11 is 0. The summed E-state index contributed by atoms with van der Waals surface area (Å²) in [5, 5.41) is 3.35. The molecule has 0 unspecified atom stereocenters. The van der Waals surface area contributed by atoms with Gasteiger partial charge in [-0.15, -0.1) is 0 Å². The molecular weight excluding hydrogens is 433 g/mol. The van der Waals surface area contributed by atoms with Crippen LogP contribution in [0.4, 0.5) is 15.8 Å². The molecule has 6 nitrogen and oxygen atoms in total. The lowest BCUT2D eigenvalue weighted by Crippen LogP contribution is -2.42. The van der Waals surface area contributed by atoms with Crippen molar-refractivity contribution in [2.24, 2.45) is 0 Å². The van der Waals surface area contributed by atoms with Gasteiger partial charge in [0.05, 0.1) is 19.8 Å². The Kier molecular flexibility index (Phi) is 8.77. The number of hydrogen-bond acceptors (Lipinski definition) is 6. The standard InChI is InChI=1S/C27H36FN3O3/c1-2-34-27(32)10-8-22-7-9-24(19-25(22)28)29-20-21-5-6-23-4-3-11-31(26(23)18-21)13-12-30-14-16-33-17-15-30/h5-7,9,18-19,29H,2-4,8,10-17,20H2,1H3. The van der Waals surface area contributed by atoms with Crippen LogP contribution in [-0.2, 0) is 33.7 Å². The number of morpholine rings is 1. The maximum atomic E-state index is 14.5. The summed E-state index contributed by atoms with van der Waals surface area (Å²) in [5.74, 6) is -0.593. The van der Waals surface area contributed by atoms with Crippen molar-refractivity contribution in [2.45, 2.75) is 39.2 Å². The van der Waals surface area contributed by atoms with E-state index in [0.717, 1.165) is 58.0 Å². The molecule has 0 saturated carbocycles. The molecule has 7 heteroatoms. The highest BCUT2D eigenvalue weighted by atomic mass is 19.1. The number of nitrogens with zero attached hydrogens (tertiary/aromatic N) is 2. The molecule has 0 aromatic heterocycles. The molecule has 184 valence electrons. The molecule has 0 bridgehead atoms. The minimum Gasteiger partial charge on any atom is -0.466 e. The third-order valence-corrected chi connectivity index (χ3v) is 6.61. The van der Waals surface area contributed by atoms with Crippen LogP contribution in [0.1, 0.15) is 36.5 Å². The summed E-state index contributed by atoms with van der Waals surface area (Å²) in [7, 11) is 0. The third kappa shape index (κ3) is 6.70. The Labute approximate surface area is 202 Å². The first-order valence-electron chi connectivity index (χ1n) is 12.5. The Morgan fingerprint density at radius 2 is 1.97 bits per heavy atom. The first kappa shape index (κ1) is 24.5. The fourth-order valence-corrected chi connectivity index (χ4v) is 4.66. The zero-order valence-corrected chi connectivity index (χ0v) is 20.2. The van der Waals surface area contributed by atoms with Gasteiger partial charge in [-0.2, -0.15) is 0 Å². The molecule has 4 rings (SSSR count). The average Bonchev–Trinajstić information content (AvgIpc) is 2.86. The van der Waals surface area contributed by atoms with E-state index in [-0.39, 0.29) is 18.2 Å². The highest BCUT2D eigenvalue weighted by Crippen LogP contribution is 2.28. The average molecular weight is 470 g/mol. The van der Waals surface area contributed by atoms with Crippen LogP contribution in [0.15, 0.2) is 36.4 Å². The number of halogens is 1. The van der Waals surface area contributed by atoms with E-state index in [1.54, 1.807) is 13.0 Å². The van der Waals surface area contributed by atoms with Gasteiger partial charge in [0, 0.05) is 57.1 Å². The smallest absolute Gasteiger partial charge is 0.306 e. The molecule has 2 aromatic carbocycles. The summed E-state index contributed by atoms with van der Waals surface area (Å²) in [6.45, 7) is 9.63. The maximum Gasteiger partial charge on any atom is 0.306 e. The number of fused-ring (bicyclic) bond motifs is 1. The Morgan fingerprint density at radius 3 is 2.76 bits per heavy atom. The number of aryl methyl sites for hydroxylation is 2. The molecule has 2 aliphatic heterocycles. The molecule has 2 aliphatic rings. The number of ether oxygens (including phenoxy) is 2. The summed E-state index contributed by atoms with van der Waals surface area (Å²) in [4.78, 5) is 16.5. The van der Waals surface area contributed by atoms with E-state index in [9.17, 15) is 9.18 Å². The third-order valence-electron chi connectivity index (χ3n) is 6.61. The number of esters is 1. The number of anilines is 2. The minimum atomic E-state index is -0.297. The van der Waals surface area contributed by atoms with E-state index in [1.807, 2.05) is 6.07 Å². The van der Waals surface area contributed by atoms with E-state index >= 15 is 0 Å². The predicted octanol–water partition coefficient (Wildman–Crippen LogP) is 4.02. The molecule has 1 saturated heterocycles. The molecule has 2 aromatic rings. The number of rotatable bonds is 10. The SMILES string of the molecule is CCOC(=O)CCc1ccc(NCc2ccc3c(c2)N(CCN2CCOCC2)CCC3)cc1F. The van der Waals surface area contributed by atoms with Gasteiger partial charge in [0.15, 0.2) is 0 Å². The van der Waals surface area contributed by atoms with Crippen LogP contribution >= 0.6 is 0 Å². The molecular formula is C27H36FN3O3. The fourth-order valence-electron chi connectivity index (χ4n) is 4.66. The zero-order chi connectivity index (χ0) is 23.8. The van der Waals surface area contributed by atoms with Gasteiger partial charge in [-0.1, -0.05) is 18.2 Å². The molecule has 0 amide bonds. The molecule has 0 radical (unpaired) electrons. The zero-order valence-electron chi connectivity index (χ0n) is 20.2. The van der Waals surface area contributed by atoms with Gasteiger partial charge >= 0.3 is 5.97 Å². The van der Waals surface area contributed by atoms with Crippen molar-refractivity contribution in [1.29, 1.82) is 0 Å². The molecule has 1 fully saturated rings. The first-order valence-corrected chi connectivity index (χ1v) is 12.5. The van der Waals surface area contributed by atoms with Crippen molar-refractivity contribution >= 4 is 17.3 Å². The highest BCUT2D eigenvalue weighted by Gasteiger charge is 2.19. The Hall–Kier alpha value is -2.64. The van der Waals surface area contributed by atoms with Crippen molar-refractivity contribution in [3.05, 3.63) is 58.9 Å². The van der Waals surface area contributed by atoms with E-state index in [4.69, 9.17) is 9.47 Å². The normalized spacial score (nSPS) is 16.2. The quantitative estimate of drug-likeness (QED) is 0.531. The Balaban J connectivity index is 1.33. The summed E-state index contributed by atoms with van der Waals surface area (Å²) in [5.41, 5.74) is 5.19. The molecule has 0 spiro atoms. The largest absolute Gasteiger partial charge is 0.466 e. The minimum absolute atomic E-state index is 0.189. The highest BCUT2D eigenvalue weighted by molar-refractivity contribution is 5.69. The van der Waals surface area contributed by atoms with Crippen LogP contribution in [0.2, 0.25) is 0 Å². The molecule has 0 atom stereocenters. The topological polar surface area (TPSA) is 54.0 Å². The van der Waals surface area contributed by atoms with Crippen LogP contribution in [0.25, 0.3) is 0 Å². The second-order valence-corrected chi connectivity index (χ2v) is 8.97. The number of carbonyl (C=O) groups is 1.